The van der Waals surface area contributed by atoms with E-state index in [2.05, 4.69) is 51.5 Å². The van der Waals surface area contributed by atoms with Crippen LogP contribution >= 0.6 is 0 Å². The molecule has 0 saturated heterocycles. The van der Waals surface area contributed by atoms with E-state index in [1.54, 1.807) is 6.26 Å². The van der Waals surface area contributed by atoms with Gasteiger partial charge in [0.2, 0.25) is 0 Å². The zero-order valence-corrected chi connectivity index (χ0v) is 19.3. The van der Waals surface area contributed by atoms with Crippen LogP contribution in [-0.2, 0) is 13.0 Å². The van der Waals surface area contributed by atoms with Crippen LogP contribution in [0.2, 0.25) is 0 Å². The second kappa shape index (κ2) is 8.49. The third kappa shape index (κ3) is 4.34. The first-order valence-corrected chi connectivity index (χ1v) is 11.0. The SMILES string of the molecule is CC(C)(C)CNCCn1c(Cc2cc3n[nH]nc3cc2-c2ccco2)nc2c(N)nc(F)nc21. The van der Waals surface area contributed by atoms with Crippen LogP contribution in [-0.4, -0.2) is 48.0 Å². The van der Waals surface area contributed by atoms with Gasteiger partial charge >= 0.3 is 6.08 Å². The Kier molecular flexibility index (Phi) is 5.48. The van der Waals surface area contributed by atoms with Gasteiger partial charge in [-0.15, -0.1) is 0 Å². The number of benzene rings is 1. The molecule has 0 aliphatic rings. The normalized spacial score (nSPS) is 12.2. The number of hydrogen-bond donors (Lipinski definition) is 3. The molecule has 0 radical (unpaired) electrons. The van der Waals surface area contributed by atoms with E-state index in [9.17, 15) is 4.39 Å². The molecule has 0 bridgehead atoms. The largest absolute Gasteiger partial charge is 0.464 e. The summed E-state index contributed by atoms with van der Waals surface area (Å²) in [7, 11) is 0. The third-order valence-electron chi connectivity index (χ3n) is 5.52. The molecule has 0 amide bonds. The monoisotopic (exact) mass is 463 g/mol. The molecule has 4 N–H and O–H groups in total. The van der Waals surface area contributed by atoms with Crippen LogP contribution in [0.1, 0.15) is 32.2 Å². The minimum atomic E-state index is -0.874. The summed E-state index contributed by atoms with van der Waals surface area (Å²) < 4.78 is 21.6. The summed E-state index contributed by atoms with van der Waals surface area (Å²) >= 11 is 0. The molecule has 0 aliphatic heterocycles. The first-order valence-electron chi connectivity index (χ1n) is 11.0. The zero-order valence-electron chi connectivity index (χ0n) is 19.3. The smallest absolute Gasteiger partial charge is 0.312 e. The maximum absolute atomic E-state index is 14.1. The fourth-order valence-corrected chi connectivity index (χ4v) is 3.97. The summed E-state index contributed by atoms with van der Waals surface area (Å²) in [5.74, 6) is 1.41. The molecule has 34 heavy (non-hydrogen) atoms. The molecule has 0 fully saturated rings. The number of aromatic nitrogens is 7. The molecule has 0 unspecified atom stereocenters. The average molecular weight is 464 g/mol. The van der Waals surface area contributed by atoms with Crippen LogP contribution in [0, 0.1) is 11.5 Å². The quantitative estimate of drug-likeness (QED) is 0.247. The predicted molar refractivity (Wildman–Crippen MR) is 126 cm³/mol. The highest BCUT2D eigenvalue weighted by atomic mass is 19.1. The van der Waals surface area contributed by atoms with E-state index >= 15 is 0 Å². The third-order valence-corrected chi connectivity index (χ3v) is 5.52. The van der Waals surface area contributed by atoms with Gasteiger partial charge in [0, 0.05) is 31.6 Å². The van der Waals surface area contributed by atoms with E-state index < -0.39 is 6.08 Å². The molecular weight excluding hydrogens is 437 g/mol. The number of nitrogen functional groups attached to an aromatic ring is 1. The number of imidazole rings is 1. The van der Waals surface area contributed by atoms with Gasteiger partial charge in [-0.3, -0.25) is 0 Å². The Bertz CT molecular complexity index is 1450. The van der Waals surface area contributed by atoms with Gasteiger partial charge in [-0.05, 0) is 35.2 Å². The van der Waals surface area contributed by atoms with Crippen molar-refractivity contribution >= 4 is 28.0 Å². The molecule has 10 nitrogen and oxygen atoms in total. The van der Waals surface area contributed by atoms with Crippen molar-refractivity contribution in [2.24, 2.45) is 5.41 Å². The molecule has 0 saturated carbocycles. The Labute approximate surface area is 194 Å². The second-order valence-electron chi connectivity index (χ2n) is 9.44. The molecule has 4 aromatic heterocycles. The summed E-state index contributed by atoms with van der Waals surface area (Å²) in [5, 5.41) is 14.5. The number of nitrogens with two attached hydrogens (primary N) is 1. The van der Waals surface area contributed by atoms with Gasteiger partial charge in [0.1, 0.15) is 22.6 Å². The van der Waals surface area contributed by atoms with Crippen molar-refractivity contribution in [2.75, 3.05) is 18.8 Å². The summed E-state index contributed by atoms with van der Waals surface area (Å²) in [5.41, 5.74) is 10.2. The Morgan fingerprint density at radius 3 is 2.68 bits per heavy atom. The molecule has 4 heterocycles. The first kappa shape index (κ1) is 22.0. The van der Waals surface area contributed by atoms with E-state index in [0.717, 1.165) is 28.7 Å². The Morgan fingerprint density at radius 2 is 1.94 bits per heavy atom. The minimum Gasteiger partial charge on any atom is -0.464 e. The number of aromatic amines is 1. The van der Waals surface area contributed by atoms with Crippen LogP contribution in [0.3, 0.4) is 0 Å². The Balaban J connectivity index is 1.56. The number of halogens is 1. The summed E-state index contributed by atoms with van der Waals surface area (Å²) in [4.78, 5) is 12.4. The Hall–Kier alpha value is -3.86. The van der Waals surface area contributed by atoms with Crippen molar-refractivity contribution in [1.82, 2.24) is 40.2 Å². The van der Waals surface area contributed by atoms with Crippen molar-refractivity contribution in [1.29, 1.82) is 0 Å². The fraction of sp³-hybridized carbons (Fsp3) is 0.348. The summed E-state index contributed by atoms with van der Waals surface area (Å²) in [6.45, 7) is 8.54. The number of nitrogens with one attached hydrogen (secondary N) is 2. The van der Waals surface area contributed by atoms with Gasteiger partial charge in [-0.2, -0.15) is 29.8 Å². The van der Waals surface area contributed by atoms with Gasteiger partial charge in [-0.25, -0.2) is 4.98 Å². The van der Waals surface area contributed by atoms with Crippen LogP contribution in [0.4, 0.5) is 10.2 Å². The molecule has 5 rings (SSSR count). The highest BCUT2D eigenvalue weighted by molar-refractivity contribution is 5.84. The van der Waals surface area contributed by atoms with Crippen molar-refractivity contribution in [3.63, 3.8) is 0 Å². The van der Waals surface area contributed by atoms with E-state index in [1.807, 2.05) is 28.8 Å². The first-order chi connectivity index (χ1) is 16.3. The highest BCUT2D eigenvalue weighted by Gasteiger charge is 2.20. The van der Waals surface area contributed by atoms with Crippen molar-refractivity contribution in [3.8, 4) is 11.3 Å². The number of hydrogen-bond acceptors (Lipinski definition) is 8. The van der Waals surface area contributed by atoms with Crippen LogP contribution in [0.5, 0.6) is 0 Å². The van der Waals surface area contributed by atoms with E-state index in [-0.39, 0.29) is 11.2 Å². The van der Waals surface area contributed by atoms with Crippen molar-refractivity contribution in [2.45, 2.75) is 33.7 Å². The Morgan fingerprint density at radius 1 is 1.15 bits per heavy atom. The van der Waals surface area contributed by atoms with Gasteiger partial charge in [0.05, 0.1) is 6.26 Å². The molecule has 1 aromatic carbocycles. The molecule has 0 aliphatic carbocycles. The standard InChI is InChI=1S/C23H26FN9O/c1-23(2,3)12-26-6-7-33-18(27-19-20(25)28-22(24)29-21(19)33)10-13-9-15-16(31-32-30-15)11-14(13)17-5-4-8-34-17/h4-5,8-9,11,26H,6-7,10,12H2,1-3H3,(H2,25,28,29)(H,30,31,32). The molecular formula is C23H26FN9O. The minimum absolute atomic E-state index is 0.0170. The maximum Gasteiger partial charge on any atom is 0.312 e. The van der Waals surface area contributed by atoms with Crippen LogP contribution < -0.4 is 11.1 Å². The molecule has 0 spiro atoms. The number of rotatable bonds is 7. The lowest BCUT2D eigenvalue weighted by Gasteiger charge is -2.19. The van der Waals surface area contributed by atoms with E-state index in [1.165, 1.54) is 0 Å². The number of anilines is 1. The second-order valence-corrected chi connectivity index (χ2v) is 9.44. The molecule has 5 aromatic rings. The molecule has 11 heteroatoms. The van der Waals surface area contributed by atoms with Crippen LogP contribution in [0.25, 0.3) is 33.5 Å². The summed E-state index contributed by atoms with van der Waals surface area (Å²) in [6.07, 6.45) is 1.18. The average Bonchev–Trinajstić information content (AvgIpc) is 3.50. The lowest BCUT2D eigenvalue weighted by atomic mass is 9.97. The van der Waals surface area contributed by atoms with Gasteiger partial charge < -0.3 is 20.0 Å². The highest BCUT2D eigenvalue weighted by Crippen LogP contribution is 2.30. The molecule has 0 atom stereocenters. The van der Waals surface area contributed by atoms with Gasteiger partial charge in [-0.1, -0.05) is 20.8 Å². The fourth-order valence-electron chi connectivity index (χ4n) is 3.97. The van der Waals surface area contributed by atoms with Crippen LogP contribution in [0.15, 0.2) is 34.9 Å². The lowest BCUT2D eigenvalue weighted by Crippen LogP contribution is -2.30. The number of nitrogens with zero attached hydrogens (tertiary/aromatic N) is 6. The van der Waals surface area contributed by atoms with Gasteiger partial charge in [0.25, 0.3) is 0 Å². The predicted octanol–water partition coefficient (Wildman–Crippen LogP) is 3.31. The van der Waals surface area contributed by atoms with Gasteiger partial charge in [0.15, 0.2) is 17.0 Å². The number of fused-ring (bicyclic) bond motifs is 2. The van der Waals surface area contributed by atoms with E-state index in [4.69, 9.17) is 15.1 Å². The number of furan rings is 1. The topological polar surface area (TPSA) is 136 Å². The molecule has 176 valence electrons. The van der Waals surface area contributed by atoms with Crippen molar-refractivity contribution < 1.29 is 8.81 Å². The maximum atomic E-state index is 14.1. The van der Waals surface area contributed by atoms with E-state index in [0.29, 0.717) is 42.3 Å². The lowest BCUT2D eigenvalue weighted by molar-refractivity contribution is 0.375. The zero-order chi connectivity index (χ0) is 23.9. The number of H-pyrrole nitrogens is 1. The van der Waals surface area contributed by atoms with Crippen molar-refractivity contribution in [3.05, 3.63) is 48.0 Å². The summed E-state index contributed by atoms with van der Waals surface area (Å²) in [6, 6.07) is 7.61.